The van der Waals surface area contributed by atoms with E-state index >= 15 is 0 Å². The van der Waals surface area contributed by atoms with Gasteiger partial charge >= 0.3 is 5.91 Å². The van der Waals surface area contributed by atoms with E-state index in [1.807, 2.05) is 16.8 Å². The van der Waals surface area contributed by atoms with Gasteiger partial charge in [0.15, 0.2) is 5.76 Å². The number of nitrogens with one attached hydrogen (secondary N) is 1. The summed E-state index contributed by atoms with van der Waals surface area (Å²) in [6.45, 7) is 0. The maximum atomic E-state index is 11.9. The standard InChI is InChI=1S/C14H9N3O4S/c18-14(16-15-7-9-3-4-22-8-9)13-6-10-5-11(17(19)20)1-2-12(10)21-13/h1-8H,(H,16,18)/b15-7+. The average Bonchev–Trinajstić information content (AvgIpc) is 3.15. The van der Waals surface area contributed by atoms with Gasteiger partial charge in [0.25, 0.3) is 5.69 Å². The van der Waals surface area contributed by atoms with Gasteiger partial charge in [0.1, 0.15) is 5.58 Å². The van der Waals surface area contributed by atoms with Gasteiger partial charge in [0.05, 0.1) is 11.1 Å². The number of carbonyl (C=O) groups excluding carboxylic acids is 1. The zero-order valence-electron chi connectivity index (χ0n) is 11.1. The molecule has 2 heterocycles. The number of amides is 1. The molecule has 0 radical (unpaired) electrons. The second-order valence-corrected chi connectivity index (χ2v) is 5.13. The normalized spacial score (nSPS) is 11.1. The van der Waals surface area contributed by atoms with E-state index in [2.05, 4.69) is 10.5 Å². The SMILES string of the molecule is O=C(N/N=C/c1ccsc1)c1cc2cc([N+](=O)[O-])ccc2o1. The van der Waals surface area contributed by atoms with Gasteiger partial charge in [0.2, 0.25) is 0 Å². The van der Waals surface area contributed by atoms with E-state index in [0.717, 1.165) is 5.56 Å². The van der Waals surface area contributed by atoms with Crippen LogP contribution in [0.25, 0.3) is 11.0 Å². The molecule has 0 bridgehead atoms. The molecule has 0 aliphatic carbocycles. The number of furan rings is 1. The third-order valence-corrected chi connectivity index (χ3v) is 3.56. The Morgan fingerprint density at radius 2 is 2.23 bits per heavy atom. The van der Waals surface area contributed by atoms with Crippen molar-refractivity contribution in [2.45, 2.75) is 0 Å². The lowest BCUT2D eigenvalue weighted by atomic mass is 10.2. The number of benzene rings is 1. The van der Waals surface area contributed by atoms with Crippen LogP contribution in [-0.4, -0.2) is 17.0 Å². The summed E-state index contributed by atoms with van der Waals surface area (Å²) in [6, 6.07) is 7.43. The van der Waals surface area contributed by atoms with Crippen LogP contribution >= 0.6 is 11.3 Å². The fourth-order valence-electron chi connectivity index (χ4n) is 1.83. The second kappa shape index (κ2) is 5.78. The fourth-order valence-corrected chi connectivity index (χ4v) is 2.44. The molecule has 3 rings (SSSR count). The first-order valence-corrected chi connectivity index (χ1v) is 7.11. The number of thiophene rings is 1. The first kappa shape index (κ1) is 14.0. The van der Waals surface area contributed by atoms with E-state index < -0.39 is 10.8 Å². The Morgan fingerprint density at radius 1 is 1.36 bits per heavy atom. The lowest BCUT2D eigenvalue weighted by Gasteiger charge is -1.93. The topological polar surface area (TPSA) is 97.7 Å². The Kier molecular flexibility index (Phi) is 3.67. The Labute approximate surface area is 128 Å². The molecule has 1 aromatic carbocycles. The number of carbonyl (C=O) groups is 1. The minimum Gasteiger partial charge on any atom is -0.451 e. The third-order valence-electron chi connectivity index (χ3n) is 2.86. The highest BCUT2D eigenvalue weighted by Gasteiger charge is 2.14. The molecule has 0 unspecified atom stereocenters. The lowest BCUT2D eigenvalue weighted by molar-refractivity contribution is -0.384. The van der Waals surface area contributed by atoms with E-state index in [0.29, 0.717) is 11.0 Å². The highest BCUT2D eigenvalue weighted by atomic mass is 32.1. The van der Waals surface area contributed by atoms with Gasteiger partial charge in [-0.15, -0.1) is 0 Å². The molecule has 7 nitrogen and oxygen atoms in total. The summed E-state index contributed by atoms with van der Waals surface area (Å²) in [4.78, 5) is 22.1. The number of hydrogen-bond donors (Lipinski definition) is 1. The molecule has 110 valence electrons. The lowest BCUT2D eigenvalue weighted by Crippen LogP contribution is -2.16. The molecular formula is C14H9N3O4S. The summed E-state index contributed by atoms with van der Waals surface area (Å²) in [6.07, 6.45) is 1.52. The molecule has 8 heteroatoms. The van der Waals surface area contributed by atoms with Crippen LogP contribution in [0, 0.1) is 10.1 Å². The third kappa shape index (κ3) is 2.86. The van der Waals surface area contributed by atoms with Gasteiger partial charge in [0, 0.05) is 23.1 Å². The molecule has 0 spiro atoms. The molecule has 0 atom stereocenters. The molecular weight excluding hydrogens is 306 g/mol. The van der Waals surface area contributed by atoms with Gasteiger partial charge in [-0.05, 0) is 29.0 Å². The minimum absolute atomic E-state index is 0.0398. The quantitative estimate of drug-likeness (QED) is 0.454. The van der Waals surface area contributed by atoms with E-state index in [1.54, 1.807) is 0 Å². The van der Waals surface area contributed by atoms with E-state index in [9.17, 15) is 14.9 Å². The van der Waals surface area contributed by atoms with E-state index in [4.69, 9.17) is 4.42 Å². The van der Waals surface area contributed by atoms with Gasteiger partial charge in [-0.2, -0.15) is 16.4 Å². The number of hydrogen-bond acceptors (Lipinski definition) is 6. The highest BCUT2D eigenvalue weighted by Crippen LogP contribution is 2.24. The zero-order chi connectivity index (χ0) is 15.5. The number of nitrogens with zero attached hydrogens (tertiary/aromatic N) is 2. The number of nitro groups is 1. The van der Waals surface area contributed by atoms with Gasteiger partial charge in [-0.25, -0.2) is 5.43 Å². The fraction of sp³-hybridized carbons (Fsp3) is 0. The first-order chi connectivity index (χ1) is 10.6. The Bertz CT molecular complexity index is 867. The average molecular weight is 315 g/mol. The van der Waals surface area contributed by atoms with Crippen LogP contribution in [0.5, 0.6) is 0 Å². The van der Waals surface area contributed by atoms with Crippen LogP contribution in [-0.2, 0) is 0 Å². The van der Waals surface area contributed by atoms with Crippen molar-refractivity contribution in [1.82, 2.24) is 5.43 Å². The molecule has 0 fully saturated rings. The summed E-state index contributed by atoms with van der Waals surface area (Å²) >= 11 is 1.52. The van der Waals surface area contributed by atoms with Crippen LogP contribution in [0.2, 0.25) is 0 Å². The van der Waals surface area contributed by atoms with Gasteiger partial charge in [-0.1, -0.05) is 0 Å². The van der Waals surface area contributed by atoms with Crippen molar-refractivity contribution in [1.29, 1.82) is 0 Å². The molecule has 0 saturated heterocycles. The Balaban J connectivity index is 1.77. The van der Waals surface area contributed by atoms with Gasteiger partial charge in [-0.3, -0.25) is 14.9 Å². The predicted octanol–water partition coefficient (Wildman–Crippen LogP) is 3.17. The molecule has 0 aliphatic rings. The summed E-state index contributed by atoms with van der Waals surface area (Å²) in [5, 5.41) is 18.8. The summed E-state index contributed by atoms with van der Waals surface area (Å²) in [5.74, 6) is -0.483. The first-order valence-electron chi connectivity index (χ1n) is 6.17. The summed E-state index contributed by atoms with van der Waals surface area (Å²) in [7, 11) is 0. The van der Waals surface area contributed by atoms with Crippen LogP contribution < -0.4 is 5.43 Å². The van der Waals surface area contributed by atoms with Crippen LogP contribution in [0.3, 0.4) is 0 Å². The van der Waals surface area contributed by atoms with Crippen molar-refractivity contribution < 1.29 is 14.1 Å². The smallest absolute Gasteiger partial charge is 0.307 e. The number of nitro benzene ring substituents is 1. The maximum Gasteiger partial charge on any atom is 0.307 e. The molecule has 2 aromatic heterocycles. The number of fused-ring (bicyclic) bond motifs is 1. The van der Waals surface area contributed by atoms with Crippen molar-refractivity contribution in [2.75, 3.05) is 0 Å². The Morgan fingerprint density at radius 3 is 2.95 bits per heavy atom. The molecule has 22 heavy (non-hydrogen) atoms. The predicted molar refractivity (Wildman–Crippen MR) is 82.2 cm³/mol. The number of non-ortho nitro benzene ring substituents is 1. The van der Waals surface area contributed by atoms with Gasteiger partial charge < -0.3 is 4.42 Å². The molecule has 1 N–H and O–H groups in total. The highest BCUT2D eigenvalue weighted by molar-refractivity contribution is 7.08. The Hall–Kier alpha value is -3.00. The minimum atomic E-state index is -0.523. The van der Waals surface area contributed by atoms with Crippen LogP contribution in [0.1, 0.15) is 16.1 Å². The molecule has 0 aliphatic heterocycles. The summed E-state index contributed by atoms with van der Waals surface area (Å²) < 4.78 is 5.35. The van der Waals surface area contributed by atoms with Crippen molar-refractivity contribution in [2.24, 2.45) is 5.10 Å². The molecule has 0 saturated carbocycles. The molecule has 1 amide bonds. The molecule has 3 aromatic rings. The largest absolute Gasteiger partial charge is 0.451 e. The monoisotopic (exact) mass is 315 g/mol. The van der Waals surface area contributed by atoms with Crippen LogP contribution in [0.4, 0.5) is 5.69 Å². The van der Waals surface area contributed by atoms with Crippen molar-refractivity contribution >= 4 is 40.1 Å². The van der Waals surface area contributed by atoms with Crippen molar-refractivity contribution in [3.05, 3.63) is 62.5 Å². The second-order valence-electron chi connectivity index (χ2n) is 4.35. The zero-order valence-corrected chi connectivity index (χ0v) is 11.9. The van der Waals surface area contributed by atoms with E-state index in [1.165, 1.54) is 41.8 Å². The van der Waals surface area contributed by atoms with Crippen LogP contribution in [0.15, 0.2) is 50.6 Å². The number of hydrazone groups is 1. The van der Waals surface area contributed by atoms with Crippen molar-refractivity contribution in [3.63, 3.8) is 0 Å². The maximum absolute atomic E-state index is 11.9. The van der Waals surface area contributed by atoms with Crippen molar-refractivity contribution in [3.8, 4) is 0 Å². The van der Waals surface area contributed by atoms with E-state index in [-0.39, 0.29) is 11.4 Å². The summed E-state index contributed by atoms with van der Waals surface area (Å²) in [5.41, 5.74) is 3.56. The number of rotatable bonds is 4.